The number of halogens is 1. The molecule has 0 aliphatic heterocycles. The van der Waals surface area contributed by atoms with Crippen LogP contribution in [0.4, 0.5) is 4.79 Å². The quantitative estimate of drug-likeness (QED) is 0.0510. The summed E-state index contributed by atoms with van der Waals surface area (Å²) in [6, 6.07) is -0.638. The molecular formula is C39H73IN3O5+. The van der Waals surface area contributed by atoms with Crippen molar-refractivity contribution in [1.82, 2.24) is 10.6 Å². The molecule has 9 heteroatoms. The van der Waals surface area contributed by atoms with Crippen molar-refractivity contribution in [3.63, 3.8) is 0 Å². The van der Waals surface area contributed by atoms with Crippen LogP contribution in [-0.4, -0.2) is 53.7 Å². The molecule has 1 unspecified atom stereocenters. The van der Waals surface area contributed by atoms with Crippen molar-refractivity contribution < 1.29 is 25.6 Å². The smallest absolute Gasteiger partial charge is 0.408 e. The van der Waals surface area contributed by atoms with Gasteiger partial charge in [0.2, 0.25) is 0 Å². The number of alkyl halides is 1. The van der Waals surface area contributed by atoms with Crippen molar-refractivity contribution in [2.45, 2.75) is 145 Å². The van der Waals surface area contributed by atoms with Crippen molar-refractivity contribution in [3.05, 3.63) is 18.6 Å². The Hall–Kier alpha value is -1.33. The van der Waals surface area contributed by atoms with Gasteiger partial charge >= 0.3 is 17.8 Å². The molecule has 4 aliphatic carbocycles. The zero-order chi connectivity index (χ0) is 35.4. The van der Waals surface area contributed by atoms with Gasteiger partial charge in [-0.1, -0.05) is 103 Å². The van der Waals surface area contributed by atoms with Gasteiger partial charge in [0, 0.05) is 7.79 Å². The monoisotopic (exact) mass is 791 g/mol. The largest absolute Gasteiger partial charge is 0.480 e. The second kappa shape index (κ2) is 21.8. The van der Waals surface area contributed by atoms with Crippen LogP contribution in [0.25, 0.3) is 0 Å². The molecule has 0 spiro atoms. The number of carbonyl (C=O) groups excluding carboxylic acids is 2. The highest BCUT2D eigenvalue weighted by Crippen LogP contribution is 2.67. The van der Waals surface area contributed by atoms with Crippen molar-refractivity contribution in [2.24, 2.45) is 52.1 Å². The number of allylic oxidation sites excluding steroid dienone is 1. The molecule has 5 N–H and O–H groups in total. The molecule has 8 nitrogen and oxygen atoms in total. The molecule has 280 valence electrons. The van der Waals surface area contributed by atoms with Gasteiger partial charge in [0.25, 0.3) is 0 Å². The molecule has 48 heavy (non-hydrogen) atoms. The Bertz CT molecular complexity index is 1040. The molecule has 9 atom stereocenters. The van der Waals surface area contributed by atoms with Gasteiger partial charge in [-0.05, 0) is 110 Å². The number of likely N-dealkylation sites (N-methyl/N-ethyl adjacent to an activating group) is 1. The minimum absolute atomic E-state index is 0. The number of rotatable bonds is 12. The van der Waals surface area contributed by atoms with Gasteiger partial charge in [-0.25, -0.2) is 9.59 Å². The van der Waals surface area contributed by atoms with E-state index in [1.807, 2.05) is 22.6 Å². The van der Waals surface area contributed by atoms with Gasteiger partial charge in [-0.2, -0.15) is 0 Å². The zero-order valence-electron chi connectivity index (χ0n) is 30.5. The normalized spacial score (nSPS) is 31.4. The van der Waals surface area contributed by atoms with Crippen LogP contribution in [0.15, 0.2) is 11.6 Å². The van der Waals surface area contributed by atoms with E-state index in [1.165, 1.54) is 51.4 Å². The van der Waals surface area contributed by atoms with Crippen LogP contribution >= 0.6 is 22.6 Å². The van der Waals surface area contributed by atoms with E-state index in [1.54, 1.807) is 12.6 Å². The van der Waals surface area contributed by atoms with E-state index in [0.29, 0.717) is 22.2 Å². The number of aliphatic carboxylic acids is 1. The number of nitrogens with two attached hydrogens (primary N) is 1. The lowest BCUT2D eigenvalue weighted by atomic mass is 9.47. The average molecular weight is 792 g/mol. The van der Waals surface area contributed by atoms with Crippen LogP contribution in [0.1, 0.15) is 134 Å². The van der Waals surface area contributed by atoms with Crippen LogP contribution in [0, 0.1) is 53.3 Å². The van der Waals surface area contributed by atoms with E-state index in [4.69, 9.17) is 16.9 Å². The summed E-state index contributed by atoms with van der Waals surface area (Å²) in [5.74, 6) is 4.01. The third-order valence-electron chi connectivity index (χ3n) is 12.1. The van der Waals surface area contributed by atoms with Gasteiger partial charge in [0.1, 0.15) is 19.1 Å². The number of amides is 1. The number of Topliss-reactive ketones (excluding diaryl/α,β-unsaturated/α-hetero) is 1. The van der Waals surface area contributed by atoms with Gasteiger partial charge in [-0.15, -0.1) is 0 Å². The maximum Gasteiger partial charge on any atom is 0.408 e. The predicted molar refractivity (Wildman–Crippen MR) is 209 cm³/mol. The Morgan fingerprint density at radius 2 is 1.77 bits per heavy atom. The lowest BCUT2D eigenvalue weighted by molar-refractivity contribution is -0.139. The summed E-state index contributed by atoms with van der Waals surface area (Å²) in [6.45, 7) is 15.8. The van der Waals surface area contributed by atoms with Gasteiger partial charge in [0.15, 0.2) is 0 Å². The van der Waals surface area contributed by atoms with Gasteiger partial charge in [0.05, 0.1) is 13.1 Å². The summed E-state index contributed by atoms with van der Waals surface area (Å²) in [6.07, 6.45) is 16.9. The highest BCUT2D eigenvalue weighted by Gasteiger charge is 2.59. The first-order chi connectivity index (χ1) is 22.2. The Kier molecular flexibility index (Phi) is 20.3. The summed E-state index contributed by atoms with van der Waals surface area (Å²) in [4.78, 5) is 33.1. The van der Waals surface area contributed by atoms with Crippen LogP contribution < -0.4 is 16.4 Å². The first kappa shape index (κ1) is 44.7. The maximum absolute atomic E-state index is 11.9. The van der Waals surface area contributed by atoms with Crippen molar-refractivity contribution >= 4 is 40.4 Å². The fourth-order valence-electron chi connectivity index (χ4n) is 9.73. The molecule has 0 aromatic heterocycles. The summed E-state index contributed by atoms with van der Waals surface area (Å²) in [7, 11) is 1.55. The number of alkyl carbamates (subject to hydrolysis) is 1. The number of ketones is 1. The number of carboxylic acid groups (broad SMARTS) is 1. The number of ether oxygens (including phenoxy) is 1. The first-order valence-electron chi connectivity index (χ1n) is 18.3. The van der Waals surface area contributed by atoms with E-state index < -0.39 is 12.0 Å². The molecule has 4 aliphatic rings. The Morgan fingerprint density at radius 1 is 1.10 bits per heavy atom. The van der Waals surface area contributed by atoms with E-state index in [-0.39, 0.29) is 45.9 Å². The lowest BCUT2D eigenvalue weighted by Crippen LogP contribution is -2.51. The maximum atomic E-state index is 11.9. The predicted octanol–water partition coefficient (Wildman–Crippen LogP) is 9.20. The van der Waals surface area contributed by atoms with Gasteiger partial charge < -0.3 is 26.2 Å². The number of carboxylic acids is 1. The highest BCUT2D eigenvalue weighted by molar-refractivity contribution is 14.1. The summed E-state index contributed by atoms with van der Waals surface area (Å²) in [5.41, 5.74) is 7.84. The van der Waals surface area contributed by atoms with Crippen molar-refractivity contribution in [3.8, 4) is 0 Å². The lowest BCUT2D eigenvalue weighted by Gasteiger charge is -2.58. The van der Waals surface area contributed by atoms with Crippen LogP contribution in [-0.2, 0) is 14.3 Å². The van der Waals surface area contributed by atoms with Crippen molar-refractivity contribution in [1.29, 1.82) is 0 Å². The topological polar surface area (TPSA) is 131 Å². The number of hydrogen-bond acceptors (Lipinski definition) is 6. The van der Waals surface area contributed by atoms with E-state index in [0.717, 1.165) is 54.8 Å². The fourth-order valence-corrected chi connectivity index (χ4v) is 9.73. The van der Waals surface area contributed by atoms with Crippen LogP contribution in [0.5, 0.6) is 0 Å². The third kappa shape index (κ3) is 11.9. The molecule has 3 saturated carbocycles. The molecule has 4 rings (SSSR count). The average Bonchev–Trinajstić information content (AvgIpc) is 3.35. The molecule has 0 bridgehead atoms. The molecule has 0 heterocycles. The Labute approximate surface area is 309 Å². The first-order valence-corrected chi connectivity index (χ1v) is 19.1. The summed E-state index contributed by atoms with van der Waals surface area (Å²) < 4.78 is 11.9. The Balaban J connectivity index is 0.00000123. The van der Waals surface area contributed by atoms with Crippen LogP contribution in [0.2, 0.25) is 0 Å². The van der Waals surface area contributed by atoms with E-state index in [9.17, 15) is 14.4 Å². The standard InChI is InChI=1S/C29H50N2O2.C7H11NO3.CH3I.2CH4/c1-19(2)7-6-8-20(3)24-11-12-25-23-10-9-21-17-22(33-27(32)31-18-30)13-15-28(21,4)26(23)14-16-29(24,25)5;1-5(9)3-4-6(8-2)7(10)11;1-2;;/h9,19-20,22-26H,6-8,10-18,30H2,1-5H3,(H,31,32);6,8H,1,3-4H2,2H3;1H3;2*1H4/p+1/t20-,22+,23+,24-,25+,26+,28+,29-;;;;/m1..../s1/i;;1D;;. The molecule has 0 saturated heterocycles. The zero-order valence-corrected chi connectivity index (χ0v) is 31.7. The van der Waals surface area contributed by atoms with Crippen molar-refractivity contribution in [2.75, 3.05) is 18.6 Å². The van der Waals surface area contributed by atoms with E-state index >= 15 is 0 Å². The highest BCUT2D eigenvalue weighted by atomic mass is 127. The molecular weight excluding hydrogens is 717 g/mol. The Morgan fingerprint density at radius 3 is 2.33 bits per heavy atom. The molecule has 0 aromatic carbocycles. The fraction of sp³-hybridized carbons (Fsp3) is 0.846. The van der Waals surface area contributed by atoms with Crippen LogP contribution in [0.3, 0.4) is 0 Å². The van der Waals surface area contributed by atoms with E-state index in [2.05, 4.69) is 58.3 Å². The third-order valence-corrected chi connectivity index (χ3v) is 12.1. The number of carbonyl (C=O) groups is 3. The SMILES string of the molecule is C.C.CC(C)CCC[C@@H](C)[C@H]1CC[C@H]2[C@@H]3CC=C4C[C@@H](OC(=O)NCN)CC[C@]4(C)[C@H]3CC[C@]12C.[2H]CI.[CH2+]C(=O)CCC(NC)C(=O)O. The second-order valence-electron chi connectivity index (χ2n) is 15.2. The number of nitrogens with one attached hydrogen (secondary N) is 2. The summed E-state index contributed by atoms with van der Waals surface area (Å²) in [5, 5.41) is 13.6. The molecule has 3 fully saturated rings. The molecule has 0 aromatic rings. The minimum atomic E-state index is -0.936. The number of fused-ring (bicyclic) bond motifs is 5. The summed E-state index contributed by atoms with van der Waals surface area (Å²) >= 11 is 1.96. The number of hydrogen-bond donors (Lipinski definition) is 4. The molecule has 1 amide bonds. The van der Waals surface area contributed by atoms with Gasteiger partial charge in [-0.3, -0.25) is 4.79 Å². The second-order valence-corrected chi connectivity index (χ2v) is 15.2. The molecule has 0 radical (unpaired) electrons. The minimum Gasteiger partial charge on any atom is -0.480 e.